The molecule has 0 fully saturated rings. The zero-order valence-corrected chi connectivity index (χ0v) is 26.7. The van der Waals surface area contributed by atoms with Crippen molar-refractivity contribution in [3.8, 4) is 0 Å². The van der Waals surface area contributed by atoms with E-state index in [1.807, 2.05) is 0 Å². The summed E-state index contributed by atoms with van der Waals surface area (Å²) in [6, 6.07) is 0. The van der Waals surface area contributed by atoms with Crippen molar-refractivity contribution in [2.45, 2.75) is 27.7 Å². The molecular formula is C28H12BF16K. The molecule has 0 aromatic heterocycles. The van der Waals surface area contributed by atoms with Crippen molar-refractivity contribution in [3.63, 3.8) is 0 Å². The number of benzene rings is 4. The van der Waals surface area contributed by atoms with E-state index in [0.29, 0.717) is 27.7 Å². The first-order valence-corrected chi connectivity index (χ1v) is 12.2. The summed E-state index contributed by atoms with van der Waals surface area (Å²) in [7, 11) is 0. The van der Waals surface area contributed by atoms with Gasteiger partial charge in [-0.3, -0.25) is 0 Å². The molecule has 0 heterocycles. The van der Waals surface area contributed by atoms with E-state index in [1.54, 1.807) is 0 Å². The first-order valence-electron chi connectivity index (χ1n) is 12.2. The van der Waals surface area contributed by atoms with Crippen LogP contribution in [0.1, 0.15) is 22.3 Å². The third-order valence-electron chi connectivity index (χ3n) is 7.80. The molecule has 0 atom stereocenters. The van der Waals surface area contributed by atoms with Crippen LogP contribution in [0.2, 0.25) is 0 Å². The molecule has 0 aliphatic heterocycles. The molecule has 0 nitrogen and oxygen atoms in total. The Hall–Kier alpha value is -2.54. The van der Waals surface area contributed by atoms with Crippen LogP contribution in [0, 0.1) is 121 Å². The van der Waals surface area contributed by atoms with Gasteiger partial charge < -0.3 is 0 Å². The van der Waals surface area contributed by atoms with Crippen molar-refractivity contribution in [3.05, 3.63) is 115 Å². The van der Waals surface area contributed by atoms with Gasteiger partial charge in [-0.2, -0.15) is 0 Å². The minimum absolute atomic E-state index is 0. The van der Waals surface area contributed by atoms with E-state index in [1.165, 1.54) is 0 Å². The van der Waals surface area contributed by atoms with E-state index >= 15 is 70.2 Å². The summed E-state index contributed by atoms with van der Waals surface area (Å²) < 4.78 is 247. The Morgan fingerprint density at radius 3 is 0.457 bits per heavy atom. The van der Waals surface area contributed by atoms with Gasteiger partial charge in [0, 0.05) is 22.3 Å². The summed E-state index contributed by atoms with van der Waals surface area (Å²) in [4.78, 5) is 0. The first kappa shape index (κ1) is 37.9. The Labute approximate surface area is 290 Å². The van der Waals surface area contributed by atoms with Crippen LogP contribution in [0.15, 0.2) is 0 Å². The molecule has 0 bridgehead atoms. The normalized spacial score (nSPS) is 11.7. The van der Waals surface area contributed by atoms with Crippen molar-refractivity contribution < 1.29 is 122 Å². The minimum atomic E-state index is -6.55. The average molecular weight is 702 g/mol. The third-order valence-corrected chi connectivity index (χ3v) is 7.80. The summed E-state index contributed by atoms with van der Waals surface area (Å²) in [6.07, 6.45) is -6.55. The van der Waals surface area contributed by atoms with Crippen LogP contribution in [-0.2, 0) is 0 Å². The fourth-order valence-corrected chi connectivity index (χ4v) is 5.42. The van der Waals surface area contributed by atoms with Gasteiger partial charge in [0.25, 0.3) is 0 Å². The first-order chi connectivity index (χ1) is 20.7. The van der Waals surface area contributed by atoms with Crippen LogP contribution in [0.5, 0.6) is 0 Å². The van der Waals surface area contributed by atoms with Crippen LogP contribution in [0.25, 0.3) is 0 Å². The zero-order valence-electron chi connectivity index (χ0n) is 23.6. The summed E-state index contributed by atoms with van der Waals surface area (Å²) in [6.45, 7) is 1.17. The molecule has 0 spiro atoms. The molecule has 240 valence electrons. The fourth-order valence-electron chi connectivity index (χ4n) is 5.42. The molecular weight excluding hydrogens is 690 g/mol. The molecule has 0 unspecified atom stereocenters. The van der Waals surface area contributed by atoms with E-state index < -0.39 is 143 Å². The summed E-state index contributed by atoms with van der Waals surface area (Å²) in [5.74, 6) is -45.7. The Bertz CT molecular complexity index is 1570. The molecule has 0 aliphatic rings. The Morgan fingerprint density at radius 1 is 0.239 bits per heavy atom. The van der Waals surface area contributed by atoms with E-state index in [0.717, 1.165) is 0 Å². The molecule has 4 rings (SSSR count). The Kier molecular flexibility index (Phi) is 10.6. The van der Waals surface area contributed by atoms with Crippen LogP contribution in [0.4, 0.5) is 70.2 Å². The summed E-state index contributed by atoms with van der Waals surface area (Å²) >= 11 is 0. The van der Waals surface area contributed by atoms with Crippen molar-refractivity contribution in [2.75, 3.05) is 0 Å². The van der Waals surface area contributed by atoms with E-state index in [2.05, 4.69) is 0 Å². The molecule has 0 amide bonds. The summed E-state index contributed by atoms with van der Waals surface area (Å²) in [5, 5.41) is 0. The number of rotatable bonds is 4. The zero-order chi connectivity index (χ0) is 34.4. The van der Waals surface area contributed by atoms with Gasteiger partial charge in [-0.05, 0) is 27.7 Å². The largest absolute Gasteiger partial charge is 1.00 e. The molecule has 18 heteroatoms. The smallest absolute Gasteiger partial charge is 0.207 e. The Morgan fingerprint density at radius 2 is 0.348 bits per heavy atom. The van der Waals surface area contributed by atoms with Gasteiger partial charge in [0.05, 0.1) is 0 Å². The van der Waals surface area contributed by atoms with Crippen LogP contribution >= 0.6 is 0 Å². The van der Waals surface area contributed by atoms with Gasteiger partial charge in [-0.1, -0.05) is 0 Å². The number of hydrogen-bond donors (Lipinski definition) is 0. The van der Waals surface area contributed by atoms with Crippen molar-refractivity contribution in [2.24, 2.45) is 0 Å². The predicted octanol–water partition coefficient (Wildman–Crippen LogP) is 3.53. The van der Waals surface area contributed by atoms with Gasteiger partial charge in [-0.25, -0.2) is 70.2 Å². The fraction of sp³-hybridized carbons (Fsp3) is 0.143. The standard InChI is InChI=1S/C28H12BF16.K/c1-5-13(30)21(38)9(22(39)14(5)31)29(10-23(40)15(32)6(2)16(33)24(10)41,11-25(42)17(34)7(3)18(35)26(11)43)12-27(44)19(36)8(4)20(37)28(12)45;/h1-4H3;/q-1;+1. The third kappa shape index (κ3) is 4.92. The van der Waals surface area contributed by atoms with Gasteiger partial charge in [-0.15, -0.1) is 21.9 Å². The monoisotopic (exact) mass is 702 g/mol. The van der Waals surface area contributed by atoms with Crippen molar-refractivity contribution >= 4 is 28.0 Å². The molecule has 0 radical (unpaired) electrons. The second-order valence-electron chi connectivity index (χ2n) is 10.0. The molecule has 0 N–H and O–H groups in total. The van der Waals surface area contributed by atoms with E-state index in [-0.39, 0.29) is 51.4 Å². The molecule has 4 aromatic carbocycles. The van der Waals surface area contributed by atoms with Crippen molar-refractivity contribution in [1.29, 1.82) is 0 Å². The van der Waals surface area contributed by atoms with Gasteiger partial charge in [0.1, 0.15) is 52.7 Å². The second kappa shape index (κ2) is 12.8. The quantitative estimate of drug-likeness (QED) is 0.174. The number of halogens is 16. The molecule has 0 aliphatic carbocycles. The Balaban J connectivity index is 0.00000576. The van der Waals surface area contributed by atoms with Crippen LogP contribution in [0.3, 0.4) is 0 Å². The van der Waals surface area contributed by atoms with E-state index in [4.69, 9.17) is 0 Å². The average Bonchev–Trinajstić information content (AvgIpc) is 3.00. The second-order valence-corrected chi connectivity index (χ2v) is 10.0. The topological polar surface area (TPSA) is 0 Å². The molecule has 0 saturated carbocycles. The van der Waals surface area contributed by atoms with Crippen molar-refractivity contribution in [1.82, 2.24) is 0 Å². The SMILES string of the molecule is Cc1c(F)c(F)c([B-](c2c(F)c(F)c(C)c(F)c2F)(c2c(F)c(F)c(C)c(F)c2F)c2c(F)c(F)c(C)c(F)c2F)c(F)c1F.[K+]. The molecule has 46 heavy (non-hydrogen) atoms. The molecule has 0 saturated heterocycles. The molecule has 4 aromatic rings. The van der Waals surface area contributed by atoms with Crippen LogP contribution in [-0.4, -0.2) is 6.15 Å². The predicted molar refractivity (Wildman–Crippen MR) is 128 cm³/mol. The maximum atomic E-state index is 15.8. The maximum absolute atomic E-state index is 15.8. The van der Waals surface area contributed by atoms with Crippen LogP contribution < -0.4 is 73.2 Å². The van der Waals surface area contributed by atoms with Gasteiger partial charge in [0.2, 0.25) is 0 Å². The maximum Gasteiger partial charge on any atom is 1.00 e. The minimum Gasteiger partial charge on any atom is -0.207 e. The van der Waals surface area contributed by atoms with Gasteiger partial charge >= 0.3 is 51.4 Å². The van der Waals surface area contributed by atoms with Gasteiger partial charge in [0.15, 0.2) is 46.5 Å². The van der Waals surface area contributed by atoms with E-state index in [9.17, 15) is 0 Å². The number of hydrogen-bond acceptors (Lipinski definition) is 0. The summed E-state index contributed by atoms with van der Waals surface area (Å²) in [5.41, 5.74) is -18.5.